The van der Waals surface area contributed by atoms with Gasteiger partial charge >= 0.3 is 0 Å². The maximum atomic E-state index is 13.3. The van der Waals surface area contributed by atoms with Crippen LogP contribution >= 0.6 is 0 Å². The predicted octanol–water partition coefficient (Wildman–Crippen LogP) is 1.74. The van der Waals surface area contributed by atoms with Gasteiger partial charge in [-0.25, -0.2) is 9.37 Å². The molecule has 0 unspecified atom stereocenters. The van der Waals surface area contributed by atoms with Gasteiger partial charge < -0.3 is 5.11 Å². The molecule has 27 heavy (non-hydrogen) atoms. The fraction of sp³-hybridized carbons (Fsp3) is 0.238. The normalized spacial score (nSPS) is 13.9. The van der Waals surface area contributed by atoms with Crippen molar-refractivity contribution >= 4 is 10.9 Å². The van der Waals surface area contributed by atoms with Crippen LogP contribution < -0.4 is 5.56 Å². The Balaban J connectivity index is 1.71. The molecule has 6 heteroatoms. The molecular weight excluding hydrogens is 345 g/mol. The van der Waals surface area contributed by atoms with Gasteiger partial charge in [-0.2, -0.15) is 0 Å². The van der Waals surface area contributed by atoms with E-state index in [1.165, 1.54) is 12.1 Å². The van der Waals surface area contributed by atoms with E-state index in [1.54, 1.807) is 34.9 Å². The van der Waals surface area contributed by atoms with Gasteiger partial charge in [0.15, 0.2) is 0 Å². The van der Waals surface area contributed by atoms with Gasteiger partial charge in [-0.15, -0.1) is 0 Å². The molecule has 4 rings (SSSR count). The van der Waals surface area contributed by atoms with Crippen LogP contribution in [-0.4, -0.2) is 39.3 Å². The Morgan fingerprint density at radius 1 is 1.11 bits per heavy atom. The quantitative estimate of drug-likeness (QED) is 0.705. The smallest absolute Gasteiger partial charge is 0.261 e. The Bertz CT molecular complexity index is 1130. The summed E-state index contributed by atoms with van der Waals surface area (Å²) in [5, 5.41) is 9.69. The first-order valence-corrected chi connectivity index (χ1v) is 8.78. The molecule has 0 saturated carbocycles. The number of hydrogen-bond donors (Lipinski definition) is 1. The molecule has 1 aromatic heterocycles. The molecule has 1 aliphatic heterocycles. The van der Waals surface area contributed by atoms with E-state index < -0.39 is 0 Å². The van der Waals surface area contributed by atoms with Crippen LogP contribution in [0.5, 0.6) is 0 Å². The second kappa shape index (κ2) is 7.31. The summed E-state index contributed by atoms with van der Waals surface area (Å²) in [6.45, 7) is 2.46. The lowest BCUT2D eigenvalue weighted by atomic mass is 10.1. The van der Waals surface area contributed by atoms with Crippen LogP contribution in [0.2, 0.25) is 0 Å². The number of nitrogens with zero attached hydrogens (tertiary/aromatic N) is 3. The summed E-state index contributed by atoms with van der Waals surface area (Å²) in [6.07, 6.45) is 0. The highest BCUT2D eigenvalue weighted by atomic mass is 19.1. The van der Waals surface area contributed by atoms with Crippen LogP contribution in [0.3, 0.4) is 0 Å². The molecular formula is C21H18FN3O2. The van der Waals surface area contributed by atoms with Crippen molar-refractivity contribution in [1.29, 1.82) is 0 Å². The van der Waals surface area contributed by atoms with Crippen molar-refractivity contribution < 1.29 is 9.50 Å². The molecule has 0 fully saturated rings. The van der Waals surface area contributed by atoms with E-state index in [9.17, 15) is 9.18 Å². The van der Waals surface area contributed by atoms with Gasteiger partial charge in [0.25, 0.3) is 5.56 Å². The Kier molecular flexibility index (Phi) is 4.71. The molecule has 0 spiro atoms. The van der Waals surface area contributed by atoms with E-state index in [0.717, 1.165) is 6.54 Å². The molecule has 3 aromatic rings. The average molecular weight is 363 g/mol. The Morgan fingerprint density at radius 3 is 2.70 bits per heavy atom. The number of hydrogen-bond acceptors (Lipinski definition) is 4. The highest BCUT2D eigenvalue weighted by Crippen LogP contribution is 2.15. The molecule has 0 saturated heterocycles. The minimum absolute atomic E-state index is 0.0525. The summed E-state index contributed by atoms with van der Waals surface area (Å²) in [6, 6.07) is 11.4. The summed E-state index contributed by atoms with van der Waals surface area (Å²) in [5.41, 5.74) is 1.85. The fourth-order valence-corrected chi connectivity index (χ4v) is 3.26. The number of fused-ring (bicyclic) bond motifs is 2. The molecule has 5 nitrogen and oxygen atoms in total. The molecule has 0 atom stereocenters. The number of β-amino-alcohol motifs (C(OH)–C–C–N with tert-alkyl or cyclic N) is 1. The second-order valence-electron chi connectivity index (χ2n) is 6.48. The van der Waals surface area contributed by atoms with Gasteiger partial charge in [-0.1, -0.05) is 17.9 Å². The van der Waals surface area contributed by atoms with Crippen molar-refractivity contribution in [2.45, 2.75) is 13.1 Å². The Hall–Kier alpha value is -3.01. The molecule has 1 aliphatic rings. The summed E-state index contributed by atoms with van der Waals surface area (Å²) in [5.74, 6) is 6.30. The second-order valence-corrected chi connectivity index (χ2v) is 6.48. The lowest BCUT2D eigenvalue weighted by molar-refractivity contribution is 0.163. The van der Waals surface area contributed by atoms with Crippen LogP contribution in [0.1, 0.15) is 17.0 Å². The summed E-state index contributed by atoms with van der Waals surface area (Å²) in [4.78, 5) is 19.5. The van der Waals surface area contributed by atoms with E-state index >= 15 is 0 Å². The molecule has 0 aliphatic carbocycles. The third-order valence-corrected chi connectivity index (χ3v) is 4.63. The third kappa shape index (κ3) is 3.61. The Morgan fingerprint density at radius 2 is 1.93 bits per heavy atom. The number of aromatic nitrogens is 2. The summed E-state index contributed by atoms with van der Waals surface area (Å²) in [7, 11) is 0. The van der Waals surface area contributed by atoms with E-state index in [2.05, 4.69) is 21.7 Å². The van der Waals surface area contributed by atoms with E-state index in [1.807, 2.05) is 0 Å². The van der Waals surface area contributed by atoms with Crippen LogP contribution in [0.15, 0.2) is 47.3 Å². The highest BCUT2D eigenvalue weighted by molar-refractivity contribution is 5.79. The van der Waals surface area contributed by atoms with Crippen LogP contribution in [-0.2, 0) is 13.1 Å². The first-order chi connectivity index (χ1) is 13.1. The Labute approximate surface area is 155 Å². The largest absolute Gasteiger partial charge is 0.395 e. The van der Waals surface area contributed by atoms with Crippen molar-refractivity contribution in [3.8, 4) is 11.8 Å². The molecule has 136 valence electrons. The molecule has 2 heterocycles. The summed E-state index contributed by atoms with van der Waals surface area (Å²) >= 11 is 0. The van der Waals surface area contributed by atoms with E-state index in [-0.39, 0.29) is 18.0 Å². The lowest BCUT2D eigenvalue weighted by Crippen LogP contribution is -2.41. The minimum Gasteiger partial charge on any atom is -0.395 e. The SMILES string of the molecule is O=c1c2ccc(C#Cc3cccc(F)c3)cc2nc2n1CCN(CCO)C2. The maximum Gasteiger partial charge on any atom is 0.261 e. The minimum atomic E-state index is -0.325. The molecule has 1 N–H and O–H groups in total. The predicted molar refractivity (Wildman–Crippen MR) is 101 cm³/mol. The maximum absolute atomic E-state index is 13.3. The van der Waals surface area contributed by atoms with Gasteiger partial charge in [-0.3, -0.25) is 14.3 Å². The summed E-state index contributed by atoms with van der Waals surface area (Å²) < 4.78 is 15.0. The van der Waals surface area contributed by atoms with Crippen LogP contribution in [0.25, 0.3) is 10.9 Å². The topological polar surface area (TPSA) is 58.4 Å². The average Bonchev–Trinajstić information content (AvgIpc) is 2.66. The molecule has 0 bridgehead atoms. The van der Waals surface area contributed by atoms with Gasteiger partial charge in [-0.05, 0) is 36.4 Å². The zero-order valence-corrected chi connectivity index (χ0v) is 14.7. The van der Waals surface area contributed by atoms with Gasteiger partial charge in [0.05, 0.1) is 24.1 Å². The number of benzene rings is 2. The van der Waals surface area contributed by atoms with Crippen LogP contribution in [0, 0.1) is 17.7 Å². The third-order valence-electron chi connectivity index (χ3n) is 4.63. The number of halogens is 1. The van der Waals surface area contributed by atoms with Crippen molar-refractivity contribution in [3.63, 3.8) is 0 Å². The van der Waals surface area contributed by atoms with E-state index in [0.29, 0.717) is 47.5 Å². The van der Waals surface area contributed by atoms with Crippen molar-refractivity contribution in [2.75, 3.05) is 19.7 Å². The number of aliphatic hydroxyl groups is 1. The van der Waals surface area contributed by atoms with Crippen molar-refractivity contribution in [2.24, 2.45) is 0 Å². The van der Waals surface area contributed by atoms with Gasteiger partial charge in [0.1, 0.15) is 11.6 Å². The zero-order valence-electron chi connectivity index (χ0n) is 14.7. The zero-order chi connectivity index (χ0) is 18.8. The van der Waals surface area contributed by atoms with Crippen molar-refractivity contribution in [3.05, 3.63) is 75.6 Å². The lowest BCUT2D eigenvalue weighted by Gasteiger charge is -2.28. The van der Waals surface area contributed by atoms with E-state index in [4.69, 9.17) is 5.11 Å². The molecule has 0 radical (unpaired) electrons. The highest BCUT2D eigenvalue weighted by Gasteiger charge is 2.19. The molecule has 0 amide bonds. The first-order valence-electron chi connectivity index (χ1n) is 8.78. The van der Waals surface area contributed by atoms with Crippen LogP contribution in [0.4, 0.5) is 4.39 Å². The monoisotopic (exact) mass is 363 g/mol. The van der Waals surface area contributed by atoms with Gasteiger partial charge in [0.2, 0.25) is 0 Å². The molecule has 2 aromatic carbocycles. The van der Waals surface area contributed by atoms with Crippen molar-refractivity contribution in [1.82, 2.24) is 14.5 Å². The first kappa shape index (κ1) is 17.4. The van der Waals surface area contributed by atoms with Gasteiger partial charge in [0, 0.05) is 30.8 Å². The standard InChI is InChI=1S/C21H18FN3O2/c22-17-3-1-2-15(12-17)4-5-16-6-7-18-19(13-16)23-20-14-24(10-11-26)8-9-25(20)21(18)27/h1-3,6-7,12-13,26H,8-11,14H2. The number of aliphatic hydroxyl groups excluding tert-OH is 1. The fourth-order valence-electron chi connectivity index (χ4n) is 3.26. The number of rotatable bonds is 2.